The third kappa shape index (κ3) is 3.47. The van der Waals surface area contributed by atoms with Gasteiger partial charge in [-0.25, -0.2) is 0 Å². The molecule has 1 amide bonds. The fourth-order valence-electron chi connectivity index (χ4n) is 2.68. The molecule has 1 heterocycles. The molecule has 0 spiro atoms. The lowest BCUT2D eigenvalue weighted by Gasteiger charge is -2.22. The molecular weight excluding hydrogens is 230 g/mol. The summed E-state index contributed by atoms with van der Waals surface area (Å²) in [5, 5.41) is 9.08. The van der Waals surface area contributed by atoms with Crippen molar-refractivity contribution in [1.82, 2.24) is 4.90 Å². The van der Waals surface area contributed by atoms with Crippen LogP contribution in [0, 0.1) is 17.8 Å². The number of carbonyl (C=O) groups excluding carboxylic acids is 1. The highest BCUT2D eigenvalue weighted by Crippen LogP contribution is 2.26. The summed E-state index contributed by atoms with van der Waals surface area (Å²) in [5.41, 5.74) is 0. The fraction of sp³-hybridized carbons (Fsp3) is 0.857. The molecule has 1 N–H and O–H groups in total. The average Bonchev–Trinajstić information content (AvgIpc) is 2.72. The van der Waals surface area contributed by atoms with E-state index in [1.165, 1.54) is 0 Å². The van der Waals surface area contributed by atoms with Crippen LogP contribution in [0.3, 0.4) is 0 Å². The van der Waals surface area contributed by atoms with Crippen molar-refractivity contribution >= 4 is 11.9 Å². The molecule has 1 saturated heterocycles. The normalized spacial score (nSPS) is 25.2. The molecule has 3 atom stereocenters. The molecule has 1 aliphatic rings. The second kappa shape index (κ2) is 6.76. The fourth-order valence-corrected chi connectivity index (χ4v) is 2.68. The number of aliphatic carboxylic acids is 1. The van der Waals surface area contributed by atoms with E-state index in [0.717, 1.165) is 25.7 Å². The number of nitrogens with zero attached hydrogens (tertiary/aromatic N) is 1. The summed E-state index contributed by atoms with van der Waals surface area (Å²) in [6.45, 7) is 7.05. The van der Waals surface area contributed by atoms with Crippen LogP contribution in [-0.4, -0.2) is 35.0 Å². The van der Waals surface area contributed by atoms with Gasteiger partial charge in [-0.1, -0.05) is 33.6 Å². The molecule has 0 radical (unpaired) electrons. The number of rotatable bonds is 6. The predicted molar refractivity (Wildman–Crippen MR) is 70.2 cm³/mol. The molecule has 1 rings (SSSR count). The van der Waals surface area contributed by atoms with Gasteiger partial charge in [-0.3, -0.25) is 9.59 Å². The van der Waals surface area contributed by atoms with Crippen LogP contribution in [0.1, 0.15) is 46.5 Å². The molecular formula is C14H25NO3. The number of likely N-dealkylation sites (tertiary alicyclic amines) is 1. The van der Waals surface area contributed by atoms with Crippen molar-refractivity contribution in [3.8, 4) is 0 Å². The van der Waals surface area contributed by atoms with Crippen molar-refractivity contribution in [3.05, 3.63) is 0 Å². The number of carbonyl (C=O) groups is 2. The Bertz CT molecular complexity index is 303. The van der Waals surface area contributed by atoms with Crippen molar-refractivity contribution in [2.24, 2.45) is 17.8 Å². The number of hydrogen-bond donors (Lipinski definition) is 1. The van der Waals surface area contributed by atoms with Crippen molar-refractivity contribution in [1.29, 1.82) is 0 Å². The second-order valence-electron chi connectivity index (χ2n) is 5.41. The predicted octanol–water partition coefficient (Wildman–Crippen LogP) is 2.38. The van der Waals surface area contributed by atoms with E-state index in [1.54, 1.807) is 4.90 Å². The minimum Gasteiger partial charge on any atom is -0.481 e. The monoisotopic (exact) mass is 255 g/mol. The van der Waals surface area contributed by atoms with E-state index in [-0.39, 0.29) is 17.7 Å². The van der Waals surface area contributed by atoms with Crippen LogP contribution in [0.4, 0.5) is 0 Å². The molecule has 0 aliphatic carbocycles. The average molecular weight is 255 g/mol. The molecule has 18 heavy (non-hydrogen) atoms. The van der Waals surface area contributed by atoms with Crippen LogP contribution in [0.5, 0.6) is 0 Å². The van der Waals surface area contributed by atoms with Crippen molar-refractivity contribution in [2.45, 2.75) is 46.5 Å². The van der Waals surface area contributed by atoms with Gasteiger partial charge in [0.25, 0.3) is 0 Å². The van der Waals surface area contributed by atoms with Crippen LogP contribution in [-0.2, 0) is 9.59 Å². The van der Waals surface area contributed by atoms with Gasteiger partial charge in [0, 0.05) is 19.0 Å². The highest BCUT2D eigenvalue weighted by atomic mass is 16.4. The number of carboxylic acids is 1. The van der Waals surface area contributed by atoms with Gasteiger partial charge in [-0.05, 0) is 18.8 Å². The lowest BCUT2D eigenvalue weighted by atomic mass is 9.98. The molecule has 3 unspecified atom stereocenters. The van der Waals surface area contributed by atoms with E-state index in [2.05, 4.69) is 6.92 Å². The van der Waals surface area contributed by atoms with Gasteiger partial charge in [-0.15, -0.1) is 0 Å². The van der Waals surface area contributed by atoms with Crippen LogP contribution in [0.15, 0.2) is 0 Å². The summed E-state index contributed by atoms with van der Waals surface area (Å²) in [4.78, 5) is 25.1. The number of amides is 1. The lowest BCUT2D eigenvalue weighted by molar-refractivity contribution is -0.142. The van der Waals surface area contributed by atoms with E-state index in [1.807, 2.05) is 13.8 Å². The van der Waals surface area contributed by atoms with E-state index < -0.39 is 11.9 Å². The third-order valence-corrected chi connectivity index (χ3v) is 3.99. The Morgan fingerprint density at radius 1 is 1.33 bits per heavy atom. The quantitative estimate of drug-likeness (QED) is 0.792. The molecule has 0 aromatic carbocycles. The van der Waals surface area contributed by atoms with Crippen LogP contribution >= 0.6 is 0 Å². The number of carboxylic acid groups (broad SMARTS) is 1. The standard InChI is InChI=1S/C14H25NO3/c1-4-6-7-11(5-2)13(16)15-8-10(3)12(9-15)14(17)18/h10-12H,4-9H2,1-3H3,(H,17,18). The highest BCUT2D eigenvalue weighted by molar-refractivity contribution is 5.80. The second-order valence-corrected chi connectivity index (χ2v) is 5.41. The maximum Gasteiger partial charge on any atom is 0.308 e. The molecule has 0 bridgehead atoms. The summed E-state index contributed by atoms with van der Waals surface area (Å²) >= 11 is 0. The van der Waals surface area contributed by atoms with Gasteiger partial charge >= 0.3 is 5.97 Å². The minimum atomic E-state index is -0.778. The van der Waals surface area contributed by atoms with Crippen molar-refractivity contribution < 1.29 is 14.7 Å². The van der Waals surface area contributed by atoms with Gasteiger partial charge in [0.2, 0.25) is 5.91 Å². The Hall–Kier alpha value is -1.06. The van der Waals surface area contributed by atoms with Gasteiger partial charge < -0.3 is 10.0 Å². The molecule has 4 heteroatoms. The largest absolute Gasteiger partial charge is 0.481 e. The van der Waals surface area contributed by atoms with E-state index in [0.29, 0.717) is 13.1 Å². The van der Waals surface area contributed by atoms with Crippen LogP contribution < -0.4 is 0 Å². The zero-order valence-electron chi connectivity index (χ0n) is 11.7. The van der Waals surface area contributed by atoms with Gasteiger partial charge in [0.05, 0.1) is 5.92 Å². The van der Waals surface area contributed by atoms with Gasteiger partial charge in [-0.2, -0.15) is 0 Å². The Morgan fingerprint density at radius 2 is 2.00 bits per heavy atom. The van der Waals surface area contributed by atoms with Gasteiger partial charge in [0.15, 0.2) is 0 Å². The number of hydrogen-bond acceptors (Lipinski definition) is 2. The summed E-state index contributed by atoms with van der Waals surface area (Å²) in [5.74, 6) is -0.876. The van der Waals surface area contributed by atoms with E-state index >= 15 is 0 Å². The van der Waals surface area contributed by atoms with Crippen LogP contribution in [0.25, 0.3) is 0 Å². The summed E-state index contributed by atoms with van der Waals surface area (Å²) in [6, 6.07) is 0. The summed E-state index contributed by atoms with van der Waals surface area (Å²) in [6.07, 6.45) is 3.93. The smallest absolute Gasteiger partial charge is 0.308 e. The highest BCUT2D eigenvalue weighted by Gasteiger charge is 2.38. The molecule has 0 saturated carbocycles. The zero-order valence-corrected chi connectivity index (χ0v) is 11.7. The van der Waals surface area contributed by atoms with Crippen LogP contribution in [0.2, 0.25) is 0 Å². The van der Waals surface area contributed by atoms with Gasteiger partial charge in [0.1, 0.15) is 0 Å². The summed E-state index contributed by atoms with van der Waals surface area (Å²) in [7, 11) is 0. The first-order valence-corrected chi connectivity index (χ1v) is 7.02. The number of unbranched alkanes of at least 4 members (excludes halogenated alkanes) is 1. The minimum absolute atomic E-state index is 0.0649. The first-order chi connectivity index (χ1) is 8.51. The molecule has 1 aliphatic heterocycles. The third-order valence-electron chi connectivity index (χ3n) is 3.99. The Balaban J connectivity index is 2.59. The Kier molecular flexibility index (Phi) is 5.63. The van der Waals surface area contributed by atoms with E-state index in [9.17, 15) is 9.59 Å². The molecule has 104 valence electrons. The SMILES string of the molecule is CCCCC(CC)C(=O)N1CC(C)C(C(=O)O)C1. The summed E-state index contributed by atoms with van der Waals surface area (Å²) < 4.78 is 0. The van der Waals surface area contributed by atoms with Crippen molar-refractivity contribution in [2.75, 3.05) is 13.1 Å². The Morgan fingerprint density at radius 3 is 2.44 bits per heavy atom. The molecule has 4 nitrogen and oxygen atoms in total. The topological polar surface area (TPSA) is 57.6 Å². The zero-order chi connectivity index (χ0) is 13.7. The lowest BCUT2D eigenvalue weighted by Crippen LogP contribution is -2.35. The molecule has 0 aromatic rings. The molecule has 1 fully saturated rings. The maximum absolute atomic E-state index is 12.3. The van der Waals surface area contributed by atoms with E-state index in [4.69, 9.17) is 5.11 Å². The first-order valence-electron chi connectivity index (χ1n) is 7.02. The first kappa shape index (κ1) is 15.0. The maximum atomic E-state index is 12.3. The molecule has 0 aromatic heterocycles. The van der Waals surface area contributed by atoms with Crippen molar-refractivity contribution in [3.63, 3.8) is 0 Å². The Labute approximate surface area is 109 Å².